The maximum absolute atomic E-state index is 6.21. The Balaban J connectivity index is 2.24. The summed E-state index contributed by atoms with van der Waals surface area (Å²) in [5.41, 5.74) is 7.26. The van der Waals surface area contributed by atoms with Crippen LogP contribution in [0.2, 0.25) is 5.02 Å². The third kappa shape index (κ3) is 2.50. The normalized spacial score (nSPS) is 12.9. The van der Waals surface area contributed by atoms with Crippen LogP contribution in [0.25, 0.3) is 0 Å². The maximum atomic E-state index is 6.21. The van der Waals surface area contributed by atoms with E-state index in [4.69, 9.17) is 17.4 Å². The fourth-order valence-electron chi connectivity index (χ4n) is 1.74. The van der Waals surface area contributed by atoms with Gasteiger partial charge in [-0.1, -0.05) is 11.6 Å². The van der Waals surface area contributed by atoms with E-state index >= 15 is 0 Å². The van der Waals surface area contributed by atoms with Crippen molar-refractivity contribution in [2.24, 2.45) is 12.9 Å². The van der Waals surface area contributed by atoms with Gasteiger partial charge >= 0.3 is 0 Å². The summed E-state index contributed by atoms with van der Waals surface area (Å²) < 4.78 is 1.79. The fraction of sp³-hybridized carbons (Fsp3) is 0.400. The van der Waals surface area contributed by atoms with E-state index in [0.29, 0.717) is 11.4 Å². The Morgan fingerprint density at radius 1 is 1.65 bits per heavy atom. The molecule has 2 aromatic rings. The first kappa shape index (κ1) is 12.5. The number of nitrogens with two attached hydrogens (primary N) is 1. The number of halogens is 1. The predicted molar refractivity (Wildman–Crippen MR) is 68.8 cm³/mol. The minimum absolute atomic E-state index is 0.0476. The highest BCUT2D eigenvalue weighted by Gasteiger charge is 2.18. The summed E-state index contributed by atoms with van der Waals surface area (Å²) in [6.45, 7) is 1.89. The molecule has 0 fully saturated rings. The summed E-state index contributed by atoms with van der Waals surface area (Å²) in [6.07, 6.45) is 0.663. The van der Waals surface area contributed by atoms with Crippen molar-refractivity contribution in [1.82, 2.24) is 20.2 Å². The zero-order valence-electron chi connectivity index (χ0n) is 9.64. The van der Waals surface area contributed by atoms with Gasteiger partial charge in [0.1, 0.15) is 0 Å². The van der Waals surface area contributed by atoms with Crippen LogP contribution >= 0.6 is 22.9 Å². The summed E-state index contributed by atoms with van der Waals surface area (Å²) in [5.74, 6) is 5.56. The predicted octanol–water partition coefficient (Wildman–Crippen LogP) is 1.59. The Labute approximate surface area is 109 Å². The largest absolute Gasteiger partial charge is 0.271 e. The van der Waals surface area contributed by atoms with Crippen molar-refractivity contribution in [3.05, 3.63) is 33.0 Å². The quantitative estimate of drug-likeness (QED) is 0.654. The SMILES string of the molecule is Cc1nn(C)c(CC(NN)c2cscn2)c1Cl. The van der Waals surface area contributed by atoms with Crippen LogP contribution in [0.3, 0.4) is 0 Å². The van der Waals surface area contributed by atoms with Crippen LogP contribution in [0.4, 0.5) is 0 Å². The molecule has 0 aliphatic rings. The Morgan fingerprint density at radius 3 is 2.88 bits per heavy atom. The molecule has 0 aliphatic heterocycles. The van der Waals surface area contributed by atoms with Gasteiger partial charge in [-0.05, 0) is 6.92 Å². The standard InChI is InChI=1S/C10H14ClN5S/c1-6-10(11)9(16(2)15-6)3-7(14-12)8-4-17-5-13-8/h4-5,7,14H,3,12H2,1-2H3. The van der Waals surface area contributed by atoms with Gasteiger partial charge in [0.05, 0.1) is 33.7 Å². The Morgan fingerprint density at radius 2 is 2.41 bits per heavy atom. The van der Waals surface area contributed by atoms with E-state index in [-0.39, 0.29) is 6.04 Å². The van der Waals surface area contributed by atoms with Crippen molar-refractivity contribution < 1.29 is 0 Å². The zero-order valence-corrected chi connectivity index (χ0v) is 11.2. The molecule has 0 bridgehead atoms. The third-order valence-electron chi connectivity index (χ3n) is 2.67. The Kier molecular flexibility index (Phi) is 3.78. The van der Waals surface area contributed by atoms with E-state index in [0.717, 1.165) is 17.1 Å². The molecule has 0 amide bonds. The molecule has 0 aliphatic carbocycles. The van der Waals surface area contributed by atoms with E-state index in [9.17, 15) is 0 Å². The summed E-state index contributed by atoms with van der Waals surface area (Å²) in [7, 11) is 1.88. The third-order valence-corrected chi connectivity index (χ3v) is 3.77. The second-order valence-electron chi connectivity index (χ2n) is 3.81. The number of hydrazine groups is 1. The van der Waals surface area contributed by atoms with Crippen LogP contribution in [0, 0.1) is 6.92 Å². The van der Waals surface area contributed by atoms with Gasteiger partial charge in [-0.15, -0.1) is 11.3 Å². The molecule has 2 aromatic heterocycles. The van der Waals surface area contributed by atoms with Gasteiger partial charge in [-0.2, -0.15) is 5.10 Å². The first-order valence-corrected chi connectivity index (χ1v) is 6.47. The van der Waals surface area contributed by atoms with Crippen molar-refractivity contribution in [3.63, 3.8) is 0 Å². The van der Waals surface area contributed by atoms with Gasteiger partial charge < -0.3 is 0 Å². The molecule has 0 saturated carbocycles. The number of hydrogen-bond acceptors (Lipinski definition) is 5. The average Bonchev–Trinajstić information content (AvgIpc) is 2.89. The molecular weight excluding hydrogens is 258 g/mol. The summed E-state index contributed by atoms with van der Waals surface area (Å²) in [6, 6.07) is -0.0476. The first-order chi connectivity index (χ1) is 8.13. The van der Waals surface area contributed by atoms with Crippen LogP contribution in [-0.4, -0.2) is 14.8 Å². The van der Waals surface area contributed by atoms with Gasteiger partial charge in [0.15, 0.2) is 0 Å². The van der Waals surface area contributed by atoms with E-state index in [1.165, 1.54) is 0 Å². The van der Waals surface area contributed by atoms with Crippen molar-refractivity contribution in [1.29, 1.82) is 0 Å². The van der Waals surface area contributed by atoms with Crippen LogP contribution < -0.4 is 11.3 Å². The molecule has 5 nitrogen and oxygen atoms in total. The maximum Gasteiger partial charge on any atom is 0.0847 e. The molecule has 2 heterocycles. The monoisotopic (exact) mass is 271 g/mol. The highest BCUT2D eigenvalue weighted by molar-refractivity contribution is 7.07. The van der Waals surface area contributed by atoms with Crippen molar-refractivity contribution in [2.45, 2.75) is 19.4 Å². The van der Waals surface area contributed by atoms with E-state index in [1.54, 1.807) is 21.5 Å². The van der Waals surface area contributed by atoms with Crippen molar-refractivity contribution >= 4 is 22.9 Å². The molecule has 1 atom stereocenters. The zero-order chi connectivity index (χ0) is 12.4. The highest BCUT2D eigenvalue weighted by atomic mass is 35.5. The van der Waals surface area contributed by atoms with Crippen molar-refractivity contribution in [3.8, 4) is 0 Å². The van der Waals surface area contributed by atoms with E-state index < -0.39 is 0 Å². The lowest BCUT2D eigenvalue weighted by Crippen LogP contribution is -2.30. The fourth-order valence-corrected chi connectivity index (χ4v) is 2.58. The van der Waals surface area contributed by atoms with E-state index in [1.807, 2.05) is 19.4 Å². The number of aryl methyl sites for hydroxylation is 2. The van der Waals surface area contributed by atoms with Gasteiger partial charge in [0, 0.05) is 18.8 Å². The minimum atomic E-state index is -0.0476. The molecule has 3 N–H and O–H groups in total. The number of nitrogens with one attached hydrogen (secondary N) is 1. The minimum Gasteiger partial charge on any atom is -0.271 e. The number of aromatic nitrogens is 3. The van der Waals surface area contributed by atoms with Gasteiger partial charge in [-0.25, -0.2) is 4.98 Å². The molecule has 0 radical (unpaired) electrons. The smallest absolute Gasteiger partial charge is 0.0847 e. The molecule has 2 rings (SSSR count). The Hall–Kier alpha value is -0.950. The number of thiazole rings is 1. The molecule has 0 spiro atoms. The second kappa shape index (κ2) is 5.14. The molecular formula is C10H14ClN5S. The molecule has 1 unspecified atom stereocenters. The van der Waals surface area contributed by atoms with Crippen LogP contribution in [-0.2, 0) is 13.5 Å². The van der Waals surface area contributed by atoms with Crippen LogP contribution in [0.1, 0.15) is 23.1 Å². The summed E-state index contributed by atoms with van der Waals surface area (Å²) in [4.78, 5) is 4.25. The number of nitrogens with zero attached hydrogens (tertiary/aromatic N) is 3. The first-order valence-electron chi connectivity index (χ1n) is 5.15. The van der Waals surface area contributed by atoms with Gasteiger partial charge in [0.2, 0.25) is 0 Å². The van der Waals surface area contributed by atoms with Crippen LogP contribution in [0.15, 0.2) is 10.9 Å². The second-order valence-corrected chi connectivity index (χ2v) is 4.90. The lowest BCUT2D eigenvalue weighted by Gasteiger charge is -2.13. The molecule has 0 aromatic carbocycles. The average molecular weight is 272 g/mol. The van der Waals surface area contributed by atoms with E-state index in [2.05, 4.69) is 15.5 Å². The number of hydrogen-bond donors (Lipinski definition) is 2. The van der Waals surface area contributed by atoms with Gasteiger partial charge in [-0.3, -0.25) is 16.0 Å². The Bertz CT molecular complexity index is 493. The topological polar surface area (TPSA) is 68.8 Å². The lowest BCUT2D eigenvalue weighted by molar-refractivity contribution is 0.521. The molecule has 17 heavy (non-hydrogen) atoms. The molecule has 0 saturated heterocycles. The summed E-state index contributed by atoms with van der Waals surface area (Å²) in [5, 5.41) is 6.95. The molecule has 92 valence electrons. The molecule has 7 heteroatoms. The van der Waals surface area contributed by atoms with Crippen LogP contribution in [0.5, 0.6) is 0 Å². The highest BCUT2D eigenvalue weighted by Crippen LogP contribution is 2.25. The van der Waals surface area contributed by atoms with Gasteiger partial charge in [0.25, 0.3) is 0 Å². The number of rotatable bonds is 4. The lowest BCUT2D eigenvalue weighted by atomic mass is 10.1. The summed E-state index contributed by atoms with van der Waals surface area (Å²) >= 11 is 7.75. The van der Waals surface area contributed by atoms with Crippen molar-refractivity contribution in [2.75, 3.05) is 0 Å².